The lowest BCUT2D eigenvalue weighted by Gasteiger charge is -2.11. The van der Waals surface area contributed by atoms with Crippen molar-refractivity contribution in [1.29, 1.82) is 0 Å². The summed E-state index contributed by atoms with van der Waals surface area (Å²) in [6, 6.07) is 22.2. The number of rotatable bonds is 7. The van der Waals surface area contributed by atoms with Gasteiger partial charge in [-0.3, -0.25) is 9.36 Å². The average Bonchev–Trinajstić information content (AvgIpc) is 3.17. The molecule has 7 heteroatoms. The molecular formula is C24H21N3O3S. The summed E-state index contributed by atoms with van der Waals surface area (Å²) in [5.41, 5.74) is 3.50. The van der Waals surface area contributed by atoms with E-state index in [1.54, 1.807) is 0 Å². The number of hydrogen-bond acceptors (Lipinski definition) is 6. The fraction of sp³-hybridized carbons (Fsp3) is 0.125. The standard InChI is InChI=1S/C24H21N3O3S/c1-16-6-5-9-19(12-16)27-23(13-17-7-3-2-4-8-17)25-26-24(27)31-15-22(30)18-10-11-20(28)21(29)14-18/h2-12,14,28-29H,13,15H2,1H3. The molecule has 0 saturated carbocycles. The number of carbonyl (C=O) groups excluding carboxylic acids is 1. The predicted octanol–water partition coefficient (Wildman–Crippen LogP) is 4.55. The van der Waals surface area contributed by atoms with Crippen molar-refractivity contribution in [3.63, 3.8) is 0 Å². The molecule has 0 aliphatic rings. The molecule has 0 bridgehead atoms. The number of Topliss-reactive ketones (excluding diaryl/α,β-unsaturated/α-hetero) is 1. The van der Waals surface area contributed by atoms with Gasteiger partial charge in [0.05, 0.1) is 5.75 Å². The highest BCUT2D eigenvalue weighted by Gasteiger charge is 2.17. The van der Waals surface area contributed by atoms with E-state index in [2.05, 4.69) is 16.3 Å². The Labute approximate surface area is 184 Å². The summed E-state index contributed by atoms with van der Waals surface area (Å²) in [5.74, 6) is 0.162. The van der Waals surface area contributed by atoms with E-state index >= 15 is 0 Å². The quantitative estimate of drug-likeness (QED) is 0.253. The van der Waals surface area contributed by atoms with Crippen LogP contribution in [0.25, 0.3) is 5.69 Å². The summed E-state index contributed by atoms with van der Waals surface area (Å²) in [7, 11) is 0. The van der Waals surface area contributed by atoms with Gasteiger partial charge in [-0.05, 0) is 48.4 Å². The number of nitrogens with zero attached hydrogens (tertiary/aromatic N) is 3. The zero-order valence-corrected chi connectivity index (χ0v) is 17.7. The first-order valence-electron chi connectivity index (χ1n) is 9.74. The Morgan fingerprint density at radius 3 is 2.48 bits per heavy atom. The lowest BCUT2D eigenvalue weighted by atomic mass is 10.1. The van der Waals surface area contributed by atoms with Crippen molar-refractivity contribution in [3.8, 4) is 17.2 Å². The number of aromatic hydroxyl groups is 2. The molecule has 0 unspecified atom stereocenters. The Kier molecular flexibility index (Phi) is 6.04. The van der Waals surface area contributed by atoms with Gasteiger partial charge < -0.3 is 10.2 Å². The maximum absolute atomic E-state index is 12.6. The van der Waals surface area contributed by atoms with Gasteiger partial charge in [-0.1, -0.05) is 54.2 Å². The Morgan fingerprint density at radius 1 is 0.935 bits per heavy atom. The van der Waals surface area contributed by atoms with E-state index in [0.717, 1.165) is 22.6 Å². The first-order valence-corrected chi connectivity index (χ1v) is 10.7. The van der Waals surface area contributed by atoms with Crippen LogP contribution in [0.15, 0.2) is 78.0 Å². The molecular weight excluding hydrogens is 410 g/mol. The van der Waals surface area contributed by atoms with E-state index in [1.807, 2.05) is 60.0 Å². The highest BCUT2D eigenvalue weighted by atomic mass is 32.2. The van der Waals surface area contributed by atoms with Gasteiger partial charge in [0, 0.05) is 17.7 Å². The van der Waals surface area contributed by atoms with Crippen molar-refractivity contribution < 1.29 is 15.0 Å². The first-order chi connectivity index (χ1) is 15.0. The van der Waals surface area contributed by atoms with E-state index < -0.39 is 0 Å². The van der Waals surface area contributed by atoms with Crippen LogP contribution in [0, 0.1) is 6.92 Å². The summed E-state index contributed by atoms with van der Waals surface area (Å²) >= 11 is 1.29. The minimum absolute atomic E-state index is 0.125. The minimum Gasteiger partial charge on any atom is -0.504 e. The van der Waals surface area contributed by atoms with Gasteiger partial charge in [-0.25, -0.2) is 0 Å². The van der Waals surface area contributed by atoms with Crippen molar-refractivity contribution in [2.24, 2.45) is 0 Å². The second-order valence-electron chi connectivity index (χ2n) is 7.15. The third kappa shape index (κ3) is 4.78. The van der Waals surface area contributed by atoms with Crippen LogP contribution in [-0.4, -0.2) is 36.5 Å². The average molecular weight is 432 g/mol. The Hall–Kier alpha value is -3.58. The number of aryl methyl sites for hydroxylation is 1. The lowest BCUT2D eigenvalue weighted by molar-refractivity contribution is 0.102. The molecule has 0 saturated heterocycles. The van der Waals surface area contributed by atoms with Gasteiger partial charge in [0.1, 0.15) is 5.82 Å². The van der Waals surface area contributed by atoms with E-state index in [0.29, 0.717) is 17.1 Å². The molecule has 0 aliphatic heterocycles. The summed E-state index contributed by atoms with van der Waals surface area (Å²) < 4.78 is 1.98. The number of thioether (sulfide) groups is 1. The highest BCUT2D eigenvalue weighted by molar-refractivity contribution is 7.99. The van der Waals surface area contributed by atoms with Gasteiger partial charge in [-0.15, -0.1) is 10.2 Å². The summed E-state index contributed by atoms with van der Waals surface area (Å²) in [5, 5.41) is 28.5. The zero-order valence-electron chi connectivity index (χ0n) is 16.9. The van der Waals surface area contributed by atoms with Gasteiger partial charge in [0.15, 0.2) is 22.4 Å². The fourth-order valence-electron chi connectivity index (χ4n) is 3.22. The molecule has 1 aromatic heterocycles. The van der Waals surface area contributed by atoms with Gasteiger partial charge >= 0.3 is 0 Å². The molecule has 4 rings (SSSR count). The Balaban J connectivity index is 1.62. The molecule has 4 aromatic rings. The first kappa shape index (κ1) is 20.7. The predicted molar refractivity (Wildman–Crippen MR) is 120 cm³/mol. The van der Waals surface area contributed by atoms with Crippen LogP contribution in [-0.2, 0) is 6.42 Å². The molecule has 0 amide bonds. The number of benzene rings is 3. The smallest absolute Gasteiger partial charge is 0.196 e. The molecule has 6 nitrogen and oxygen atoms in total. The van der Waals surface area contributed by atoms with Gasteiger partial charge in [0.2, 0.25) is 0 Å². The fourth-order valence-corrected chi connectivity index (χ4v) is 4.09. The van der Waals surface area contributed by atoms with Crippen LogP contribution < -0.4 is 0 Å². The van der Waals surface area contributed by atoms with Gasteiger partial charge in [0.25, 0.3) is 0 Å². The summed E-state index contributed by atoms with van der Waals surface area (Å²) in [4.78, 5) is 12.6. The van der Waals surface area contributed by atoms with Crippen LogP contribution in [0.5, 0.6) is 11.5 Å². The maximum Gasteiger partial charge on any atom is 0.196 e. The van der Waals surface area contributed by atoms with Crippen LogP contribution in [0.4, 0.5) is 0 Å². The molecule has 2 N–H and O–H groups in total. The zero-order chi connectivity index (χ0) is 21.8. The Morgan fingerprint density at radius 2 is 1.74 bits per heavy atom. The van der Waals surface area contributed by atoms with Crippen molar-refractivity contribution in [2.45, 2.75) is 18.5 Å². The monoisotopic (exact) mass is 431 g/mol. The molecule has 0 spiro atoms. The van der Waals surface area contributed by atoms with Crippen LogP contribution >= 0.6 is 11.8 Å². The highest BCUT2D eigenvalue weighted by Crippen LogP contribution is 2.28. The van der Waals surface area contributed by atoms with Crippen molar-refractivity contribution in [3.05, 3.63) is 95.3 Å². The Bertz CT molecular complexity index is 1220. The second kappa shape index (κ2) is 9.06. The minimum atomic E-state index is -0.316. The van der Waals surface area contributed by atoms with E-state index in [4.69, 9.17) is 0 Å². The number of ketones is 1. The number of phenols is 2. The SMILES string of the molecule is Cc1cccc(-n2c(Cc3ccccc3)nnc2SCC(=O)c2ccc(O)c(O)c2)c1. The molecule has 0 fully saturated rings. The molecule has 0 radical (unpaired) electrons. The molecule has 0 aliphatic carbocycles. The van der Waals surface area contributed by atoms with E-state index in [9.17, 15) is 15.0 Å². The number of hydrogen-bond donors (Lipinski definition) is 2. The third-order valence-electron chi connectivity index (χ3n) is 4.80. The number of aromatic nitrogens is 3. The third-order valence-corrected chi connectivity index (χ3v) is 5.72. The van der Waals surface area contributed by atoms with Crippen LogP contribution in [0.3, 0.4) is 0 Å². The van der Waals surface area contributed by atoms with E-state index in [-0.39, 0.29) is 23.0 Å². The molecule has 156 valence electrons. The van der Waals surface area contributed by atoms with E-state index in [1.165, 1.54) is 30.0 Å². The lowest BCUT2D eigenvalue weighted by Crippen LogP contribution is -2.06. The maximum atomic E-state index is 12.6. The van der Waals surface area contributed by atoms with Crippen molar-refractivity contribution in [2.75, 3.05) is 5.75 Å². The second-order valence-corrected chi connectivity index (χ2v) is 8.09. The summed E-state index contributed by atoms with van der Waals surface area (Å²) in [6.45, 7) is 2.03. The largest absolute Gasteiger partial charge is 0.504 e. The van der Waals surface area contributed by atoms with Crippen molar-refractivity contribution >= 4 is 17.5 Å². The molecule has 0 atom stereocenters. The number of carbonyl (C=O) groups is 1. The van der Waals surface area contributed by atoms with Crippen LogP contribution in [0.2, 0.25) is 0 Å². The number of phenolic OH excluding ortho intramolecular Hbond substituents is 2. The van der Waals surface area contributed by atoms with Crippen LogP contribution in [0.1, 0.15) is 27.3 Å². The molecule has 31 heavy (non-hydrogen) atoms. The topological polar surface area (TPSA) is 88.2 Å². The molecule has 1 heterocycles. The normalized spacial score (nSPS) is 10.9. The summed E-state index contributed by atoms with van der Waals surface area (Å²) in [6.07, 6.45) is 0.613. The van der Waals surface area contributed by atoms with Gasteiger partial charge in [-0.2, -0.15) is 0 Å². The van der Waals surface area contributed by atoms with Crippen molar-refractivity contribution in [1.82, 2.24) is 14.8 Å². The molecule has 3 aromatic carbocycles.